The van der Waals surface area contributed by atoms with Crippen molar-refractivity contribution in [2.75, 3.05) is 13.1 Å². The quantitative estimate of drug-likeness (QED) is 0.737. The first-order valence-electron chi connectivity index (χ1n) is 5.83. The van der Waals surface area contributed by atoms with E-state index in [1.54, 1.807) is 17.0 Å². The number of hydrogen-bond donors (Lipinski definition) is 1. The molecule has 0 amide bonds. The number of rotatable bonds is 6. The molecule has 0 spiro atoms. The lowest BCUT2D eigenvalue weighted by Crippen LogP contribution is -2.27. The van der Waals surface area contributed by atoms with Crippen molar-refractivity contribution in [2.45, 2.75) is 33.7 Å². The van der Waals surface area contributed by atoms with Crippen LogP contribution in [0.5, 0.6) is 0 Å². The summed E-state index contributed by atoms with van der Waals surface area (Å²) < 4.78 is 1.63. The van der Waals surface area contributed by atoms with E-state index in [1.165, 1.54) is 6.42 Å². The first-order valence-corrected chi connectivity index (χ1v) is 5.83. The number of aryl methyl sites for hydroxylation is 1. The zero-order valence-corrected chi connectivity index (χ0v) is 10.4. The van der Waals surface area contributed by atoms with E-state index in [0.717, 1.165) is 24.7 Å². The van der Waals surface area contributed by atoms with Crippen LogP contribution in [0.25, 0.3) is 0 Å². The second-order valence-corrected chi connectivity index (χ2v) is 4.49. The molecule has 0 aliphatic heterocycles. The Labute approximate surface area is 96.7 Å². The fourth-order valence-corrected chi connectivity index (χ4v) is 1.40. The largest absolute Gasteiger partial charge is 0.315 e. The zero-order valence-electron chi connectivity index (χ0n) is 10.4. The Balaban J connectivity index is 2.30. The lowest BCUT2D eigenvalue weighted by atomic mass is 10.1. The molecular formula is C12H21N3O. The van der Waals surface area contributed by atoms with Crippen LogP contribution in [0.3, 0.4) is 0 Å². The topological polar surface area (TPSA) is 46.9 Å². The second kappa shape index (κ2) is 6.43. The number of nitrogens with one attached hydrogen (secondary N) is 1. The van der Waals surface area contributed by atoms with Gasteiger partial charge in [0.25, 0.3) is 5.56 Å². The average Bonchev–Trinajstić information content (AvgIpc) is 2.20. The van der Waals surface area contributed by atoms with Crippen molar-refractivity contribution < 1.29 is 0 Å². The minimum atomic E-state index is 0.0261. The van der Waals surface area contributed by atoms with Crippen LogP contribution in [0.2, 0.25) is 0 Å². The molecule has 0 saturated carbocycles. The number of aromatic nitrogens is 2. The van der Waals surface area contributed by atoms with Crippen molar-refractivity contribution in [1.29, 1.82) is 0 Å². The van der Waals surface area contributed by atoms with Crippen LogP contribution in [0, 0.1) is 12.8 Å². The summed E-state index contributed by atoms with van der Waals surface area (Å²) in [5.41, 5.74) is 0.798. The van der Waals surface area contributed by atoms with Crippen LogP contribution in [-0.4, -0.2) is 22.6 Å². The van der Waals surface area contributed by atoms with Gasteiger partial charge in [-0.2, -0.15) is 0 Å². The van der Waals surface area contributed by atoms with E-state index < -0.39 is 0 Å². The van der Waals surface area contributed by atoms with Crippen LogP contribution in [-0.2, 0) is 6.54 Å². The third-order valence-corrected chi connectivity index (χ3v) is 2.44. The lowest BCUT2D eigenvalue weighted by molar-refractivity contribution is 0.514. The van der Waals surface area contributed by atoms with Gasteiger partial charge in [-0.25, -0.2) is 4.98 Å². The van der Waals surface area contributed by atoms with Crippen LogP contribution >= 0.6 is 0 Å². The van der Waals surface area contributed by atoms with Gasteiger partial charge in [-0.1, -0.05) is 13.8 Å². The molecule has 0 atom stereocenters. The molecule has 0 aliphatic rings. The Bertz CT molecular complexity index is 371. The monoisotopic (exact) mass is 223 g/mol. The van der Waals surface area contributed by atoms with Gasteiger partial charge in [-0.3, -0.25) is 9.36 Å². The maximum Gasteiger partial charge on any atom is 0.253 e. The van der Waals surface area contributed by atoms with E-state index in [1.807, 2.05) is 6.92 Å². The van der Waals surface area contributed by atoms with Gasteiger partial charge in [0.2, 0.25) is 0 Å². The standard InChI is InChI=1S/C12H21N3O/c1-10(2)4-5-13-6-7-15-9-14-11(3)8-12(15)16/h8-10,13H,4-7H2,1-3H3. The Kier molecular flexibility index (Phi) is 5.19. The summed E-state index contributed by atoms with van der Waals surface area (Å²) in [7, 11) is 0. The molecule has 1 aromatic heterocycles. The van der Waals surface area contributed by atoms with Gasteiger partial charge < -0.3 is 5.32 Å². The maximum atomic E-state index is 11.5. The van der Waals surface area contributed by atoms with Crippen LogP contribution in [0.4, 0.5) is 0 Å². The van der Waals surface area contributed by atoms with Gasteiger partial charge in [0.05, 0.1) is 6.33 Å². The molecule has 0 bridgehead atoms. The fourth-order valence-electron chi connectivity index (χ4n) is 1.40. The van der Waals surface area contributed by atoms with E-state index >= 15 is 0 Å². The van der Waals surface area contributed by atoms with Gasteiger partial charge in [0.1, 0.15) is 0 Å². The zero-order chi connectivity index (χ0) is 12.0. The Morgan fingerprint density at radius 1 is 1.44 bits per heavy atom. The molecule has 90 valence electrons. The summed E-state index contributed by atoms with van der Waals surface area (Å²) in [6.07, 6.45) is 2.78. The molecule has 4 nitrogen and oxygen atoms in total. The molecule has 1 aromatic rings. The predicted octanol–water partition coefficient (Wildman–Crippen LogP) is 1.19. The number of nitrogens with zero attached hydrogens (tertiary/aromatic N) is 2. The molecule has 1 N–H and O–H groups in total. The smallest absolute Gasteiger partial charge is 0.253 e. The molecule has 0 unspecified atom stereocenters. The van der Waals surface area contributed by atoms with Crippen LogP contribution in [0.1, 0.15) is 26.0 Å². The van der Waals surface area contributed by atoms with Crippen molar-refractivity contribution in [3.8, 4) is 0 Å². The van der Waals surface area contributed by atoms with Crippen molar-refractivity contribution in [3.05, 3.63) is 28.4 Å². The summed E-state index contributed by atoms with van der Waals surface area (Å²) in [5.74, 6) is 0.719. The first kappa shape index (κ1) is 12.9. The van der Waals surface area contributed by atoms with E-state index in [2.05, 4.69) is 24.1 Å². The average molecular weight is 223 g/mol. The molecule has 0 fully saturated rings. The molecule has 0 radical (unpaired) electrons. The summed E-state index contributed by atoms with van der Waals surface area (Å²) >= 11 is 0. The van der Waals surface area contributed by atoms with Gasteiger partial charge in [-0.15, -0.1) is 0 Å². The van der Waals surface area contributed by atoms with E-state index in [4.69, 9.17) is 0 Å². The minimum absolute atomic E-state index is 0.0261. The highest BCUT2D eigenvalue weighted by Gasteiger charge is 1.97. The van der Waals surface area contributed by atoms with Gasteiger partial charge in [0.15, 0.2) is 0 Å². The van der Waals surface area contributed by atoms with Crippen LogP contribution < -0.4 is 10.9 Å². The van der Waals surface area contributed by atoms with Gasteiger partial charge in [-0.05, 0) is 25.8 Å². The van der Waals surface area contributed by atoms with Crippen molar-refractivity contribution >= 4 is 0 Å². The first-order chi connectivity index (χ1) is 7.59. The maximum absolute atomic E-state index is 11.5. The summed E-state index contributed by atoms with van der Waals surface area (Å²) in [5, 5.41) is 3.32. The molecule has 0 saturated heterocycles. The highest BCUT2D eigenvalue weighted by atomic mass is 16.1. The Morgan fingerprint density at radius 2 is 2.19 bits per heavy atom. The minimum Gasteiger partial charge on any atom is -0.315 e. The third kappa shape index (κ3) is 4.57. The Hall–Kier alpha value is -1.16. The van der Waals surface area contributed by atoms with E-state index in [0.29, 0.717) is 6.54 Å². The number of hydrogen-bond acceptors (Lipinski definition) is 3. The summed E-state index contributed by atoms with van der Waals surface area (Å²) in [4.78, 5) is 15.6. The molecule has 0 aromatic carbocycles. The van der Waals surface area contributed by atoms with E-state index in [-0.39, 0.29) is 5.56 Å². The third-order valence-electron chi connectivity index (χ3n) is 2.44. The van der Waals surface area contributed by atoms with Gasteiger partial charge >= 0.3 is 0 Å². The molecular weight excluding hydrogens is 202 g/mol. The second-order valence-electron chi connectivity index (χ2n) is 4.49. The van der Waals surface area contributed by atoms with Crippen molar-refractivity contribution in [2.24, 2.45) is 5.92 Å². The Morgan fingerprint density at radius 3 is 2.81 bits per heavy atom. The molecule has 16 heavy (non-hydrogen) atoms. The van der Waals surface area contributed by atoms with Crippen molar-refractivity contribution in [3.63, 3.8) is 0 Å². The summed E-state index contributed by atoms with van der Waals surface area (Å²) in [6, 6.07) is 1.56. The highest BCUT2D eigenvalue weighted by Crippen LogP contribution is 1.95. The fraction of sp³-hybridized carbons (Fsp3) is 0.667. The predicted molar refractivity (Wildman–Crippen MR) is 65.6 cm³/mol. The molecule has 1 rings (SSSR count). The van der Waals surface area contributed by atoms with Crippen LogP contribution in [0.15, 0.2) is 17.2 Å². The SMILES string of the molecule is Cc1cc(=O)n(CCNCCC(C)C)cn1. The highest BCUT2D eigenvalue weighted by molar-refractivity contribution is 4.95. The molecule has 4 heteroatoms. The van der Waals surface area contributed by atoms with Crippen molar-refractivity contribution in [1.82, 2.24) is 14.9 Å². The van der Waals surface area contributed by atoms with E-state index in [9.17, 15) is 4.79 Å². The van der Waals surface area contributed by atoms with Gasteiger partial charge in [0, 0.05) is 24.8 Å². The normalized spacial score (nSPS) is 11.0. The molecule has 1 heterocycles. The summed E-state index contributed by atoms with van der Waals surface area (Å²) in [6.45, 7) is 8.74. The lowest BCUT2D eigenvalue weighted by Gasteiger charge is -2.08. The molecule has 0 aliphatic carbocycles.